The second kappa shape index (κ2) is 9.00. The van der Waals surface area contributed by atoms with Crippen molar-refractivity contribution in [1.29, 1.82) is 0 Å². The summed E-state index contributed by atoms with van der Waals surface area (Å²) in [6.45, 7) is 0.834. The van der Waals surface area contributed by atoms with Crippen LogP contribution >= 0.6 is 0 Å². The van der Waals surface area contributed by atoms with Crippen molar-refractivity contribution in [3.8, 4) is 0 Å². The zero-order valence-corrected chi connectivity index (χ0v) is 16.3. The van der Waals surface area contributed by atoms with Gasteiger partial charge in [-0.2, -0.15) is 0 Å². The van der Waals surface area contributed by atoms with Gasteiger partial charge in [0.05, 0.1) is 0 Å². The van der Waals surface area contributed by atoms with Gasteiger partial charge in [0, 0.05) is 54.3 Å². The summed E-state index contributed by atoms with van der Waals surface area (Å²) < 4.78 is 0. The molecule has 0 bridgehead atoms. The van der Waals surface area contributed by atoms with E-state index in [4.69, 9.17) is 0 Å². The van der Waals surface area contributed by atoms with Crippen LogP contribution in [0.25, 0.3) is 10.9 Å². The summed E-state index contributed by atoms with van der Waals surface area (Å²) >= 11 is 0. The smallest absolute Gasteiger partial charge is 0.270 e. The van der Waals surface area contributed by atoms with Gasteiger partial charge in [0.25, 0.3) is 11.8 Å². The van der Waals surface area contributed by atoms with Crippen molar-refractivity contribution >= 4 is 22.7 Å². The molecule has 1 aromatic carbocycles. The van der Waals surface area contributed by atoms with Crippen LogP contribution in [0, 0.1) is 0 Å². The van der Waals surface area contributed by atoms with E-state index in [0.29, 0.717) is 25.1 Å². The third kappa shape index (κ3) is 4.52. The molecule has 0 atom stereocenters. The molecule has 4 aromatic rings. The summed E-state index contributed by atoms with van der Waals surface area (Å²) in [4.78, 5) is 36.2. The van der Waals surface area contributed by atoms with Gasteiger partial charge in [-0.3, -0.25) is 19.6 Å². The summed E-state index contributed by atoms with van der Waals surface area (Å²) in [7, 11) is 0. The molecule has 0 saturated heterocycles. The molecule has 0 aliphatic carbocycles. The number of fused-ring (bicyclic) bond motifs is 1. The molecular formula is C23H21N5O2. The molecule has 0 radical (unpaired) electrons. The third-order valence-corrected chi connectivity index (χ3v) is 4.79. The van der Waals surface area contributed by atoms with Crippen molar-refractivity contribution in [3.05, 3.63) is 95.7 Å². The molecule has 4 rings (SSSR count). The third-order valence-electron chi connectivity index (χ3n) is 4.79. The largest absolute Gasteiger partial charge is 0.361 e. The van der Waals surface area contributed by atoms with E-state index in [-0.39, 0.29) is 17.5 Å². The molecule has 0 aliphatic rings. The van der Waals surface area contributed by atoms with Crippen LogP contribution < -0.4 is 10.6 Å². The number of carbonyl (C=O) groups excluding carboxylic acids is 2. The summed E-state index contributed by atoms with van der Waals surface area (Å²) in [5.41, 5.74) is 3.71. The number of rotatable bonds is 7. The maximum absolute atomic E-state index is 12.5. The highest BCUT2D eigenvalue weighted by atomic mass is 16.2. The molecule has 0 spiro atoms. The second-order valence-corrected chi connectivity index (χ2v) is 6.84. The zero-order chi connectivity index (χ0) is 20.8. The van der Waals surface area contributed by atoms with E-state index in [2.05, 4.69) is 31.7 Å². The van der Waals surface area contributed by atoms with Crippen LogP contribution in [0.2, 0.25) is 0 Å². The Morgan fingerprint density at radius 3 is 2.73 bits per heavy atom. The zero-order valence-electron chi connectivity index (χ0n) is 16.3. The molecule has 0 unspecified atom stereocenters. The first-order valence-electron chi connectivity index (χ1n) is 9.67. The van der Waals surface area contributed by atoms with Gasteiger partial charge < -0.3 is 15.6 Å². The van der Waals surface area contributed by atoms with Crippen molar-refractivity contribution in [2.24, 2.45) is 0 Å². The molecule has 0 fully saturated rings. The Labute approximate surface area is 173 Å². The predicted octanol–water partition coefficient (Wildman–Crippen LogP) is 2.86. The number of aromatic amines is 1. The lowest BCUT2D eigenvalue weighted by Gasteiger charge is -2.07. The number of nitrogens with one attached hydrogen (secondary N) is 3. The first-order chi connectivity index (χ1) is 14.7. The molecule has 3 N–H and O–H groups in total. The van der Waals surface area contributed by atoms with Gasteiger partial charge in [0.15, 0.2) is 0 Å². The number of amides is 2. The molecule has 30 heavy (non-hydrogen) atoms. The Morgan fingerprint density at radius 1 is 0.967 bits per heavy atom. The fourth-order valence-corrected chi connectivity index (χ4v) is 3.22. The number of hydrogen-bond acceptors (Lipinski definition) is 4. The second-order valence-electron chi connectivity index (χ2n) is 6.84. The number of aromatic nitrogens is 3. The Hall–Kier alpha value is -4.00. The van der Waals surface area contributed by atoms with Crippen LogP contribution in [0.15, 0.2) is 73.3 Å². The molecule has 3 heterocycles. The van der Waals surface area contributed by atoms with Crippen LogP contribution in [0.3, 0.4) is 0 Å². The average molecular weight is 399 g/mol. The minimum absolute atomic E-state index is 0.197. The highest BCUT2D eigenvalue weighted by molar-refractivity contribution is 5.98. The van der Waals surface area contributed by atoms with Crippen molar-refractivity contribution in [2.45, 2.75) is 13.0 Å². The number of pyridine rings is 2. The summed E-state index contributed by atoms with van der Waals surface area (Å²) in [6, 6.07) is 14.8. The maximum atomic E-state index is 12.5. The SMILES string of the molecule is O=C(NCCc1c[nH]c2ccccc12)c1ccnc(C(=O)NCc2cccnc2)c1. The molecule has 150 valence electrons. The molecule has 3 aromatic heterocycles. The van der Waals surface area contributed by atoms with Crippen LogP contribution in [0.1, 0.15) is 32.0 Å². The molecule has 7 nitrogen and oxygen atoms in total. The molecule has 7 heteroatoms. The van der Waals surface area contributed by atoms with Crippen molar-refractivity contribution in [1.82, 2.24) is 25.6 Å². The van der Waals surface area contributed by atoms with Gasteiger partial charge in [-0.15, -0.1) is 0 Å². The van der Waals surface area contributed by atoms with E-state index in [1.807, 2.05) is 30.5 Å². The quantitative estimate of drug-likeness (QED) is 0.445. The number of para-hydroxylation sites is 1. The van der Waals surface area contributed by atoms with Crippen LogP contribution in [0.5, 0.6) is 0 Å². The maximum Gasteiger partial charge on any atom is 0.270 e. The van der Waals surface area contributed by atoms with E-state index in [0.717, 1.165) is 22.0 Å². The number of hydrogen-bond donors (Lipinski definition) is 3. The van der Waals surface area contributed by atoms with E-state index < -0.39 is 0 Å². The summed E-state index contributed by atoms with van der Waals surface area (Å²) in [5, 5.41) is 6.84. The van der Waals surface area contributed by atoms with Crippen molar-refractivity contribution in [3.63, 3.8) is 0 Å². The van der Waals surface area contributed by atoms with Gasteiger partial charge in [0.2, 0.25) is 0 Å². The van der Waals surface area contributed by atoms with Crippen LogP contribution in [-0.4, -0.2) is 33.3 Å². The lowest BCUT2D eigenvalue weighted by atomic mass is 10.1. The first kappa shape index (κ1) is 19.3. The lowest BCUT2D eigenvalue weighted by Crippen LogP contribution is -2.27. The average Bonchev–Trinajstić information content (AvgIpc) is 3.21. The normalized spacial score (nSPS) is 10.7. The van der Waals surface area contributed by atoms with Crippen molar-refractivity contribution < 1.29 is 9.59 Å². The Morgan fingerprint density at radius 2 is 1.87 bits per heavy atom. The minimum Gasteiger partial charge on any atom is -0.361 e. The van der Waals surface area contributed by atoms with Gasteiger partial charge in [0.1, 0.15) is 5.69 Å². The predicted molar refractivity (Wildman–Crippen MR) is 114 cm³/mol. The van der Waals surface area contributed by atoms with Crippen molar-refractivity contribution in [2.75, 3.05) is 6.54 Å². The van der Waals surface area contributed by atoms with Gasteiger partial charge >= 0.3 is 0 Å². The van der Waals surface area contributed by atoms with Gasteiger partial charge in [-0.25, -0.2) is 0 Å². The van der Waals surface area contributed by atoms with Gasteiger partial charge in [-0.1, -0.05) is 24.3 Å². The fraction of sp³-hybridized carbons (Fsp3) is 0.130. The number of benzene rings is 1. The number of nitrogens with zero attached hydrogens (tertiary/aromatic N) is 2. The first-order valence-corrected chi connectivity index (χ1v) is 9.67. The monoisotopic (exact) mass is 399 g/mol. The summed E-state index contributed by atoms with van der Waals surface area (Å²) in [6.07, 6.45) is 7.50. The topological polar surface area (TPSA) is 99.8 Å². The lowest BCUT2D eigenvalue weighted by molar-refractivity contribution is 0.0946. The van der Waals surface area contributed by atoms with Gasteiger partial charge in [-0.05, 0) is 41.8 Å². The molecule has 2 amide bonds. The van der Waals surface area contributed by atoms with E-state index >= 15 is 0 Å². The van der Waals surface area contributed by atoms with E-state index in [9.17, 15) is 9.59 Å². The van der Waals surface area contributed by atoms with E-state index in [1.165, 1.54) is 12.3 Å². The molecular weight excluding hydrogens is 378 g/mol. The highest BCUT2D eigenvalue weighted by Crippen LogP contribution is 2.17. The van der Waals surface area contributed by atoms with Crippen LogP contribution in [0.4, 0.5) is 0 Å². The number of carbonyl (C=O) groups is 2. The Balaban J connectivity index is 1.33. The van der Waals surface area contributed by atoms with E-state index in [1.54, 1.807) is 24.5 Å². The number of H-pyrrole nitrogens is 1. The highest BCUT2D eigenvalue weighted by Gasteiger charge is 2.12. The fourth-order valence-electron chi connectivity index (χ4n) is 3.22. The Kier molecular flexibility index (Phi) is 5.80. The molecule has 0 saturated carbocycles. The molecule has 0 aliphatic heterocycles. The standard InChI is InChI=1S/C23H21N5O2/c29-22(26-11-8-18-15-27-20-6-2-1-5-19(18)20)17-7-10-25-21(12-17)23(30)28-14-16-4-3-9-24-13-16/h1-7,9-10,12-13,15,27H,8,11,14H2,(H,26,29)(H,28,30). The minimum atomic E-state index is -0.340. The summed E-state index contributed by atoms with van der Waals surface area (Å²) in [5.74, 6) is -0.578. The van der Waals surface area contributed by atoms with Crippen LogP contribution in [-0.2, 0) is 13.0 Å². The Bertz CT molecular complexity index is 1170.